The molecule has 0 aliphatic heterocycles. The summed E-state index contributed by atoms with van der Waals surface area (Å²) in [4.78, 5) is 38.8. The van der Waals surface area contributed by atoms with Crippen LogP contribution < -0.4 is 10.6 Å². The second-order valence-corrected chi connectivity index (χ2v) is 10.1. The number of amides is 2. The van der Waals surface area contributed by atoms with Crippen molar-refractivity contribution in [1.82, 2.24) is 10.6 Å². The van der Waals surface area contributed by atoms with E-state index in [9.17, 15) is 24.6 Å². The van der Waals surface area contributed by atoms with Gasteiger partial charge in [-0.25, -0.2) is 4.79 Å². The van der Waals surface area contributed by atoms with E-state index in [2.05, 4.69) is 10.6 Å². The van der Waals surface area contributed by atoms with Crippen molar-refractivity contribution in [1.29, 1.82) is 0 Å². The topological polar surface area (TPSA) is 134 Å². The van der Waals surface area contributed by atoms with E-state index in [0.717, 1.165) is 11.8 Å². The first-order chi connectivity index (χ1) is 15.8. The maximum absolute atomic E-state index is 13.3. The zero-order valence-corrected chi connectivity index (χ0v) is 20.8. The number of carbonyl (C=O) groups is 3. The van der Waals surface area contributed by atoms with Crippen LogP contribution in [0.25, 0.3) is 0 Å². The number of nitrogens with one attached hydrogen (secondary N) is 2. The highest BCUT2D eigenvalue weighted by atomic mass is 16.6. The van der Waals surface area contributed by atoms with Gasteiger partial charge in [0, 0.05) is 0 Å². The van der Waals surface area contributed by atoms with Crippen LogP contribution in [0.4, 0.5) is 4.79 Å². The van der Waals surface area contributed by atoms with Crippen molar-refractivity contribution in [2.75, 3.05) is 6.61 Å². The third-order valence-electron chi connectivity index (χ3n) is 4.92. The van der Waals surface area contributed by atoms with Gasteiger partial charge in [0.2, 0.25) is 5.91 Å². The second kappa shape index (κ2) is 13.0. The summed E-state index contributed by atoms with van der Waals surface area (Å²) in [5.41, 5.74) is -0.574. The van der Waals surface area contributed by atoms with Gasteiger partial charge in [-0.1, -0.05) is 51.1 Å². The Hall–Kier alpha value is -3.07. The van der Waals surface area contributed by atoms with Crippen molar-refractivity contribution >= 4 is 18.0 Å². The molecular weight excluding hydrogens is 440 g/mol. The molecule has 0 aliphatic rings. The van der Waals surface area contributed by atoms with E-state index in [1.54, 1.807) is 45.0 Å². The van der Waals surface area contributed by atoms with Crippen LogP contribution in [0.2, 0.25) is 0 Å². The Balaban J connectivity index is 3.21. The van der Waals surface area contributed by atoms with E-state index < -0.39 is 47.0 Å². The molecule has 0 aromatic heterocycles. The van der Waals surface area contributed by atoms with E-state index >= 15 is 0 Å². The molecule has 9 heteroatoms. The molecule has 0 bridgehead atoms. The summed E-state index contributed by atoms with van der Waals surface area (Å²) in [6, 6.07) is 6.98. The molecule has 0 radical (unpaired) electrons. The van der Waals surface area contributed by atoms with Crippen LogP contribution in [0, 0.1) is 11.3 Å². The zero-order chi connectivity index (χ0) is 25.9. The van der Waals surface area contributed by atoms with Gasteiger partial charge in [-0.3, -0.25) is 9.59 Å². The molecule has 2 amide bonds. The largest absolute Gasteiger partial charge is 0.516 e. The van der Waals surface area contributed by atoms with E-state index in [1.165, 1.54) is 6.08 Å². The molecule has 9 nitrogen and oxygen atoms in total. The van der Waals surface area contributed by atoms with Crippen LogP contribution in [0.15, 0.2) is 42.7 Å². The van der Waals surface area contributed by atoms with Gasteiger partial charge in [-0.05, 0) is 44.2 Å². The monoisotopic (exact) mass is 478 g/mol. The molecule has 0 aliphatic carbocycles. The zero-order valence-electron chi connectivity index (χ0n) is 20.8. The van der Waals surface area contributed by atoms with Gasteiger partial charge in [-0.2, -0.15) is 0 Å². The SMILES string of the molecule is CC(C)(C)OC(=O)N[C@@H](C(=O)N[C@H](CO)C(C)(C)C)[C@H](CC=CO)C(=O)OCc1ccccc1. The van der Waals surface area contributed by atoms with E-state index in [1.807, 2.05) is 26.8 Å². The first-order valence-corrected chi connectivity index (χ1v) is 11.2. The summed E-state index contributed by atoms with van der Waals surface area (Å²) >= 11 is 0. The molecule has 4 N–H and O–H groups in total. The molecule has 1 aromatic rings. The Morgan fingerprint density at radius 3 is 2.15 bits per heavy atom. The lowest BCUT2D eigenvalue weighted by atomic mass is 9.86. The molecule has 0 saturated carbocycles. The number of aliphatic hydroxyl groups excluding tert-OH is 2. The summed E-state index contributed by atoms with van der Waals surface area (Å²) < 4.78 is 10.7. The number of hydrogen-bond donors (Lipinski definition) is 4. The average Bonchev–Trinajstić information content (AvgIpc) is 2.73. The highest BCUT2D eigenvalue weighted by Gasteiger charge is 2.38. The first kappa shape index (κ1) is 29.0. The summed E-state index contributed by atoms with van der Waals surface area (Å²) in [6.45, 7) is 10.2. The van der Waals surface area contributed by atoms with Gasteiger partial charge < -0.3 is 30.3 Å². The molecule has 1 aromatic carbocycles. The predicted octanol–water partition coefficient (Wildman–Crippen LogP) is 3.22. The van der Waals surface area contributed by atoms with Crippen LogP contribution in [0.1, 0.15) is 53.5 Å². The van der Waals surface area contributed by atoms with Crippen molar-refractivity contribution in [3.63, 3.8) is 0 Å². The number of carbonyl (C=O) groups excluding carboxylic acids is 3. The fourth-order valence-corrected chi connectivity index (χ4v) is 2.99. The minimum atomic E-state index is -1.38. The number of alkyl carbamates (subject to hydrolysis) is 1. The number of rotatable bonds is 10. The second-order valence-electron chi connectivity index (χ2n) is 10.1. The predicted molar refractivity (Wildman–Crippen MR) is 128 cm³/mol. The number of allylic oxidation sites excluding steroid dienone is 1. The lowest BCUT2D eigenvalue weighted by Crippen LogP contribution is -2.58. The lowest BCUT2D eigenvalue weighted by molar-refractivity contribution is -0.153. The van der Waals surface area contributed by atoms with Gasteiger partial charge in [-0.15, -0.1) is 0 Å². The molecule has 0 saturated heterocycles. The Kier molecular flexibility index (Phi) is 11.1. The average molecular weight is 479 g/mol. The summed E-state index contributed by atoms with van der Waals surface area (Å²) in [7, 11) is 0. The minimum absolute atomic E-state index is 0.0267. The minimum Gasteiger partial charge on any atom is -0.516 e. The van der Waals surface area contributed by atoms with E-state index in [4.69, 9.17) is 9.47 Å². The first-order valence-electron chi connectivity index (χ1n) is 11.2. The molecule has 190 valence electrons. The van der Waals surface area contributed by atoms with Crippen molar-refractivity contribution in [3.8, 4) is 0 Å². The third kappa shape index (κ3) is 10.2. The Morgan fingerprint density at radius 1 is 1.03 bits per heavy atom. The number of benzene rings is 1. The van der Waals surface area contributed by atoms with Crippen molar-refractivity contribution < 1.29 is 34.1 Å². The Morgan fingerprint density at radius 2 is 1.65 bits per heavy atom. The Bertz CT molecular complexity index is 826. The highest BCUT2D eigenvalue weighted by molar-refractivity contribution is 5.91. The standard InChI is InChI=1S/C25H38N2O7/c1-24(2,3)19(15-29)26-21(30)20(27-23(32)34-25(4,5)6)18(13-10-14-28)22(31)33-16-17-11-8-7-9-12-17/h7-12,14,18-20,28-29H,13,15-16H2,1-6H3,(H,26,30)(H,27,32)/t18-,19+,20+/m0/s1. The van der Waals surface area contributed by atoms with Crippen molar-refractivity contribution in [3.05, 3.63) is 48.2 Å². The van der Waals surface area contributed by atoms with Crippen LogP contribution in [0.5, 0.6) is 0 Å². The molecule has 3 atom stereocenters. The number of ether oxygens (including phenoxy) is 2. The van der Waals surface area contributed by atoms with Gasteiger partial charge >= 0.3 is 12.1 Å². The fraction of sp³-hybridized carbons (Fsp3) is 0.560. The van der Waals surface area contributed by atoms with Gasteiger partial charge in [0.25, 0.3) is 0 Å². The molecule has 1 rings (SSSR count). The lowest BCUT2D eigenvalue weighted by Gasteiger charge is -2.33. The number of esters is 1. The van der Waals surface area contributed by atoms with Crippen LogP contribution in [-0.2, 0) is 25.7 Å². The summed E-state index contributed by atoms with van der Waals surface area (Å²) in [6.07, 6.45) is 1.07. The molecule has 0 heterocycles. The molecule has 0 unspecified atom stereocenters. The van der Waals surface area contributed by atoms with Gasteiger partial charge in [0.05, 0.1) is 24.8 Å². The van der Waals surface area contributed by atoms with Gasteiger partial charge in [0.15, 0.2) is 0 Å². The molecule has 0 spiro atoms. The Labute approximate surface area is 201 Å². The maximum Gasteiger partial charge on any atom is 0.408 e. The third-order valence-corrected chi connectivity index (χ3v) is 4.92. The van der Waals surface area contributed by atoms with Crippen molar-refractivity contribution in [2.45, 2.75) is 72.3 Å². The molecule has 0 fully saturated rings. The smallest absolute Gasteiger partial charge is 0.408 e. The highest BCUT2D eigenvalue weighted by Crippen LogP contribution is 2.21. The van der Waals surface area contributed by atoms with Crippen LogP contribution >= 0.6 is 0 Å². The van der Waals surface area contributed by atoms with E-state index in [0.29, 0.717) is 0 Å². The van der Waals surface area contributed by atoms with Gasteiger partial charge in [0.1, 0.15) is 18.2 Å². The normalized spacial score (nSPS) is 14.7. The number of hydrogen-bond acceptors (Lipinski definition) is 7. The van der Waals surface area contributed by atoms with E-state index in [-0.39, 0.29) is 19.6 Å². The molecular formula is C25H38N2O7. The number of aliphatic hydroxyl groups is 2. The molecule has 34 heavy (non-hydrogen) atoms. The summed E-state index contributed by atoms with van der Waals surface area (Å²) in [5, 5.41) is 24.1. The van der Waals surface area contributed by atoms with Crippen LogP contribution in [-0.4, -0.2) is 52.5 Å². The van der Waals surface area contributed by atoms with Crippen LogP contribution in [0.3, 0.4) is 0 Å². The fourth-order valence-electron chi connectivity index (χ4n) is 2.99. The quantitative estimate of drug-likeness (QED) is 0.300. The summed E-state index contributed by atoms with van der Waals surface area (Å²) in [5.74, 6) is -2.60. The van der Waals surface area contributed by atoms with Crippen molar-refractivity contribution in [2.24, 2.45) is 11.3 Å². The maximum atomic E-state index is 13.3.